The molecule has 1 unspecified atom stereocenters. The Morgan fingerprint density at radius 1 is 0.576 bits per heavy atom. The second-order valence-corrected chi connectivity index (χ2v) is 19.6. The molecule has 0 aliphatic carbocycles. The SMILES string of the molecule is FC(c1[c-]c(N2c3ncccc3[Si](c3ccccc3)(c3ccccc3)c3ccc4sc5ccccc5c4c32)ccc1)c1[c-]c2c(cc1)c1ccccc1n1ccnc21.[Pt+2]. The van der Waals surface area contributed by atoms with E-state index in [1.165, 1.54) is 40.9 Å². The molecule has 7 aromatic carbocycles. The number of aromatic nitrogens is 3. The molecule has 4 nitrogen and oxygen atoms in total. The van der Waals surface area contributed by atoms with Crippen LogP contribution in [0.25, 0.3) is 47.5 Å². The van der Waals surface area contributed by atoms with E-state index in [0.29, 0.717) is 11.1 Å². The Balaban J connectivity index is 0.00000397. The van der Waals surface area contributed by atoms with E-state index in [9.17, 15) is 0 Å². The molecule has 11 aromatic rings. The van der Waals surface area contributed by atoms with Gasteiger partial charge in [0.05, 0.1) is 11.3 Å². The van der Waals surface area contributed by atoms with Gasteiger partial charge >= 0.3 is 21.1 Å². The first-order chi connectivity index (χ1) is 28.7. The molecular formula is C51H31FN4PtSSi. The fourth-order valence-corrected chi connectivity index (χ4v) is 15.6. The monoisotopic (exact) mass is 973 g/mol. The Morgan fingerprint density at radius 2 is 1.31 bits per heavy atom. The number of halogens is 1. The molecule has 282 valence electrons. The van der Waals surface area contributed by atoms with Crippen LogP contribution in [0.15, 0.2) is 182 Å². The van der Waals surface area contributed by atoms with Crippen LogP contribution in [0.3, 0.4) is 0 Å². The first-order valence-electron chi connectivity index (χ1n) is 19.4. The smallest absolute Gasteiger partial charge is 0.340 e. The maximum absolute atomic E-state index is 17.2. The van der Waals surface area contributed by atoms with Crippen LogP contribution in [-0.4, -0.2) is 22.4 Å². The minimum absolute atomic E-state index is 0. The van der Waals surface area contributed by atoms with E-state index in [-0.39, 0.29) is 21.1 Å². The number of fused-ring (bicyclic) bond motifs is 12. The summed E-state index contributed by atoms with van der Waals surface area (Å²) in [6.07, 6.45) is 4.13. The van der Waals surface area contributed by atoms with E-state index < -0.39 is 14.2 Å². The first-order valence-corrected chi connectivity index (χ1v) is 22.2. The molecule has 0 saturated heterocycles. The van der Waals surface area contributed by atoms with Gasteiger partial charge < -0.3 is 9.30 Å². The number of pyridine rings is 2. The van der Waals surface area contributed by atoms with Crippen molar-refractivity contribution in [1.82, 2.24) is 14.4 Å². The molecule has 1 aliphatic heterocycles. The third-order valence-electron chi connectivity index (χ3n) is 11.8. The van der Waals surface area contributed by atoms with Gasteiger partial charge in [-0.3, -0.25) is 4.98 Å². The largest absolute Gasteiger partial charge is 2.00 e. The number of para-hydroxylation sites is 1. The molecule has 12 rings (SSSR count). The van der Waals surface area contributed by atoms with Gasteiger partial charge in [-0.05, 0) is 50.4 Å². The first kappa shape index (κ1) is 35.9. The quantitative estimate of drug-likeness (QED) is 0.0979. The summed E-state index contributed by atoms with van der Waals surface area (Å²) >= 11 is 1.80. The van der Waals surface area contributed by atoms with Crippen LogP contribution in [0.2, 0.25) is 0 Å². The Kier molecular flexibility index (Phi) is 8.49. The molecule has 0 saturated carbocycles. The summed E-state index contributed by atoms with van der Waals surface area (Å²) in [6.45, 7) is 0. The van der Waals surface area contributed by atoms with Crippen molar-refractivity contribution in [2.75, 3.05) is 4.90 Å². The molecule has 0 spiro atoms. The van der Waals surface area contributed by atoms with Gasteiger partial charge in [-0.15, -0.1) is 41.2 Å². The van der Waals surface area contributed by atoms with E-state index in [1.54, 1.807) is 17.5 Å². The molecule has 8 heteroatoms. The van der Waals surface area contributed by atoms with Crippen LogP contribution in [-0.2, 0) is 21.1 Å². The second-order valence-electron chi connectivity index (χ2n) is 14.8. The van der Waals surface area contributed by atoms with Crippen molar-refractivity contribution in [1.29, 1.82) is 0 Å². The van der Waals surface area contributed by atoms with Gasteiger partial charge in [-0.25, -0.2) is 9.37 Å². The molecule has 4 aromatic heterocycles. The third-order valence-corrected chi connectivity index (χ3v) is 17.8. The maximum Gasteiger partial charge on any atom is 2.00 e. The van der Waals surface area contributed by atoms with Crippen LogP contribution < -0.4 is 25.6 Å². The second kappa shape index (κ2) is 14.0. The van der Waals surface area contributed by atoms with Gasteiger partial charge in [-0.2, -0.15) is 18.2 Å². The van der Waals surface area contributed by atoms with Crippen LogP contribution in [0, 0.1) is 12.1 Å². The Hall–Kier alpha value is -6.24. The Morgan fingerprint density at radius 3 is 2.12 bits per heavy atom. The van der Waals surface area contributed by atoms with Crippen LogP contribution in [0.1, 0.15) is 17.3 Å². The molecule has 1 aliphatic rings. The van der Waals surface area contributed by atoms with Gasteiger partial charge in [-0.1, -0.05) is 131 Å². The fourth-order valence-electron chi connectivity index (χ4n) is 9.42. The number of imidazole rings is 1. The molecule has 0 N–H and O–H groups in total. The van der Waals surface area contributed by atoms with Crippen LogP contribution in [0.4, 0.5) is 21.6 Å². The number of anilines is 3. The fraction of sp³-hybridized carbons (Fsp3) is 0.0196. The summed E-state index contributed by atoms with van der Waals surface area (Å²) in [4.78, 5) is 12.2. The number of thiophene rings is 1. The molecule has 0 amide bonds. The van der Waals surface area contributed by atoms with Crippen molar-refractivity contribution in [2.24, 2.45) is 0 Å². The zero-order chi connectivity index (χ0) is 38.4. The number of benzene rings is 7. The summed E-state index contributed by atoms with van der Waals surface area (Å²) < 4.78 is 21.7. The van der Waals surface area contributed by atoms with E-state index in [0.717, 1.165) is 44.5 Å². The standard InChI is InChI=1S/C51H31FN4SSi.Pt/c52-48(34-24-25-38-39-19-7-9-21-42(39)55-30-29-54-50(55)41(38)32-34)33-13-11-14-35(31-33)56-49-45(27-26-44-47(49)40-20-8-10-22-43(40)57-44)58(36-15-3-1-4-16-36,37-17-5-2-6-18-37)46-23-12-28-53-51(46)56;/h1-30,48H;/q-2;+2. The minimum atomic E-state index is -2.98. The zero-order valence-corrected chi connectivity index (χ0v) is 35.4. The van der Waals surface area contributed by atoms with Crippen molar-refractivity contribution in [3.05, 3.63) is 206 Å². The van der Waals surface area contributed by atoms with Gasteiger partial charge in [0.15, 0.2) is 8.07 Å². The third kappa shape index (κ3) is 5.21. The molecule has 5 heterocycles. The van der Waals surface area contributed by atoms with Crippen molar-refractivity contribution in [3.8, 4) is 0 Å². The summed E-state index contributed by atoms with van der Waals surface area (Å²) in [6, 6.07) is 64.5. The Bertz CT molecular complexity index is 3370. The average molecular weight is 974 g/mol. The van der Waals surface area contributed by atoms with Crippen LogP contribution >= 0.6 is 11.3 Å². The topological polar surface area (TPSA) is 33.4 Å². The minimum Gasteiger partial charge on any atom is -0.340 e. The van der Waals surface area contributed by atoms with Crippen molar-refractivity contribution >= 4 is 105 Å². The van der Waals surface area contributed by atoms with E-state index in [2.05, 4.69) is 148 Å². The van der Waals surface area contributed by atoms with E-state index >= 15 is 4.39 Å². The molecule has 0 radical (unpaired) electrons. The van der Waals surface area contributed by atoms with Gasteiger partial charge in [0.1, 0.15) is 12.0 Å². The van der Waals surface area contributed by atoms with Gasteiger partial charge in [0, 0.05) is 44.3 Å². The zero-order valence-electron chi connectivity index (χ0n) is 31.3. The molecule has 1 atom stereocenters. The number of hydrogen-bond acceptors (Lipinski definition) is 4. The predicted octanol–water partition coefficient (Wildman–Crippen LogP) is 10.2. The van der Waals surface area contributed by atoms with Crippen LogP contribution in [0.5, 0.6) is 0 Å². The van der Waals surface area contributed by atoms with E-state index in [1.807, 2.05) is 54.9 Å². The number of rotatable bonds is 5. The number of hydrogen-bond donors (Lipinski definition) is 0. The summed E-state index contributed by atoms with van der Waals surface area (Å²) in [5.41, 5.74) is 4.48. The average Bonchev–Trinajstić information content (AvgIpc) is 3.95. The van der Waals surface area contributed by atoms with Crippen molar-refractivity contribution < 1.29 is 25.5 Å². The molecule has 0 bridgehead atoms. The predicted molar refractivity (Wildman–Crippen MR) is 240 cm³/mol. The Labute approximate surface area is 359 Å². The number of alkyl halides is 1. The molecule has 59 heavy (non-hydrogen) atoms. The van der Waals surface area contributed by atoms with Crippen molar-refractivity contribution in [3.63, 3.8) is 0 Å². The summed E-state index contributed by atoms with van der Waals surface area (Å²) in [7, 11) is -2.98. The van der Waals surface area contributed by atoms with Gasteiger partial charge in [0.2, 0.25) is 0 Å². The maximum atomic E-state index is 17.2. The summed E-state index contributed by atoms with van der Waals surface area (Å²) in [5, 5.41) is 10.2. The molecule has 0 fully saturated rings. The normalized spacial score (nSPS) is 13.7. The number of nitrogens with zero attached hydrogens (tertiary/aromatic N) is 4. The van der Waals surface area contributed by atoms with Gasteiger partial charge in [0.25, 0.3) is 0 Å². The molecular weight excluding hydrogens is 943 g/mol. The van der Waals surface area contributed by atoms with Crippen molar-refractivity contribution in [2.45, 2.75) is 6.17 Å². The van der Waals surface area contributed by atoms with E-state index in [4.69, 9.17) is 4.98 Å². The summed E-state index contributed by atoms with van der Waals surface area (Å²) in [5.74, 6) is 0.840.